The largest absolute Gasteiger partial charge is 0.392 e. The summed E-state index contributed by atoms with van der Waals surface area (Å²) in [6.45, 7) is 2.93. The monoisotopic (exact) mass is 218 g/mol. The van der Waals surface area contributed by atoms with Crippen LogP contribution in [0.25, 0.3) is 0 Å². The highest BCUT2D eigenvalue weighted by Gasteiger charge is 1.96. The fraction of sp³-hybridized carbons (Fsp3) is 0.500. The van der Waals surface area contributed by atoms with Gasteiger partial charge in [0.2, 0.25) is 5.95 Å². The van der Waals surface area contributed by atoms with Gasteiger partial charge in [-0.2, -0.15) is 0 Å². The minimum Gasteiger partial charge on any atom is -0.392 e. The third-order valence-corrected chi connectivity index (χ3v) is 1.49. The molecule has 0 saturated heterocycles. The molecule has 1 aromatic rings. The molecule has 0 aliphatic rings. The van der Waals surface area contributed by atoms with E-state index >= 15 is 0 Å². The number of aliphatic hydroxyl groups is 1. The van der Waals surface area contributed by atoms with Crippen LogP contribution in [0.4, 0.5) is 5.95 Å². The first-order valence-electron chi connectivity index (χ1n) is 4.13. The standard InChI is InChI=1S/C8H14N4O.ClH/c1-6(13)2-10-3-7-4-11-8(9)12-5-7;/h4-6,10,13H,2-3H2,1H3,(H2,9,11,12);1H. The first-order chi connectivity index (χ1) is 6.18. The van der Waals surface area contributed by atoms with E-state index in [1.807, 2.05) is 0 Å². The Kier molecular flexibility index (Phi) is 6.11. The Morgan fingerprint density at radius 3 is 2.57 bits per heavy atom. The van der Waals surface area contributed by atoms with E-state index in [2.05, 4.69) is 15.3 Å². The molecule has 0 saturated carbocycles. The van der Waals surface area contributed by atoms with Gasteiger partial charge in [0.15, 0.2) is 0 Å². The summed E-state index contributed by atoms with van der Waals surface area (Å²) in [5.41, 5.74) is 6.27. The summed E-state index contributed by atoms with van der Waals surface area (Å²) in [4.78, 5) is 7.68. The molecule has 0 aromatic carbocycles. The third-order valence-electron chi connectivity index (χ3n) is 1.49. The van der Waals surface area contributed by atoms with Gasteiger partial charge in [-0.05, 0) is 6.92 Å². The molecule has 80 valence electrons. The van der Waals surface area contributed by atoms with E-state index in [0.29, 0.717) is 13.1 Å². The normalized spacial score (nSPS) is 11.9. The minimum atomic E-state index is -0.338. The van der Waals surface area contributed by atoms with Crippen molar-refractivity contribution in [3.63, 3.8) is 0 Å². The van der Waals surface area contributed by atoms with E-state index in [1.165, 1.54) is 0 Å². The van der Waals surface area contributed by atoms with Crippen LogP contribution in [0.15, 0.2) is 12.4 Å². The molecule has 0 radical (unpaired) electrons. The zero-order valence-electron chi connectivity index (χ0n) is 7.97. The molecule has 0 bridgehead atoms. The van der Waals surface area contributed by atoms with Crippen LogP contribution in [0, 0.1) is 0 Å². The van der Waals surface area contributed by atoms with Crippen LogP contribution in [0.1, 0.15) is 12.5 Å². The van der Waals surface area contributed by atoms with Crippen LogP contribution < -0.4 is 11.1 Å². The van der Waals surface area contributed by atoms with Crippen molar-refractivity contribution >= 4 is 18.4 Å². The number of anilines is 1. The van der Waals surface area contributed by atoms with E-state index in [1.54, 1.807) is 19.3 Å². The molecule has 0 aliphatic carbocycles. The summed E-state index contributed by atoms with van der Waals surface area (Å²) in [6, 6.07) is 0. The number of aliphatic hydroxyl groups excluding tert-OH is 1. The number of aromatic nitrogens is 2. The topological polar surface area (TPSA) is 84.1 Å². The van der Waals surface area contributed by atoms with Crippen LogP contribution in [0.5, 0.6) is 0 Å². The lowest BCUT2D eigenvalue weighted by atomic mass is 10.3. The highest BCUT2D eigenvalue weighted by Crippen LogP contribution is 1.95. The molecule has 6 heteroatoms. The molecule has 1 atom stereocenters. The van der Waals surface area contributed by atoms with Crippen LogP contribution in [0.3, 0.4) is 0 Å². The predicted molar refractivity (Wildman–Crippen MR) is 57.1 cm³/mol. The van der Waals surface area contributed by atoms with Crippen LogP contribution >= 0.6 is 12.4 Å². The van der Waals surface area contributed by atoms with Crippen LogP contribution in [-0.4, -0.2) is 27.7 Å². The number of halogens is 1. The first kappa shape index (κ1) is 13.1. The Morgan fingerprint density at radius 2 is 2.07 bits per heavy atom. The second kappa shape index (κ2) is 6.53. The Balaban J connectivity index is 0.00000169. The van der Waals surface area contributed by atoms with Crippen molar-refractivity contribution in [3.05, 3.63) is 18.0 Å². The summed E-state index contributed by atoms with van der Waals surface area (Å²) in [5.74, 6) is 0.277. The molecular weight excluding hydrogens is 204 g/mol. The van der Waals surface area contributed by atoms with Gasteiger partial charge in [0, 0.05) is 31.0 Å². The second-order valence-electron chi connectivity index (χ2n) is 2.93. The van der Waals surface area contributed by atoms with E-state index in [9.17, 15) is 0 Å². The lowest BCUT2D eigenvalue weighted by Gasteiger charge is -2.05. The molecular formula is C8H15ClN4O. The molecule has 0 amide bonds. The number of nitrogens with zero attached hydrogens (tertiary/aromatic N) is 2. The quantitative estimate of drug-likeness (QED) is 0.660. The first-order valence-corrected chi connectivity index (χ1v) is 4.13. The Labute approximate surface area is 89.2 Å². The number of nitrogens with two attached hydrogens (primary N) is 1. The van der Waals surface area contributed by atoms with Gasteiger partial charge in [-0.3, -0.25) is 0 Å². The maximum Gasteiger partial charge on any atom is 0.219 e. The minimum absolute atomic E-state index is 0. The van der Waals surface area contributed by atoms with E-state index in [-0.39, 0.29) is 24.5 Å². The Bertz CT molecular complexity index is 252. The van der Waals surface area contributed by atoms with E-state index < -0.39 is 0 Å². The number of nitrogens with one attached hydrogen (secondary N) is 1. The van der Waals surface area contributed by atoms with Crippen molar-refractivity contribution in [2.24, 2.45) is 0 Å². The smallest absolute Gasteiger partial charge is 0.219 e. The molecule has 5 nitrogen and oxygen atoms in total. The van der Waals surface area contributed by atoms with Gasteiger partial charge < -0.3 is 16.2 Å². The van der Waals surface area contributed by atoms with Crippen molar-refractivity contribution in [1.29, 1.82) is 0 Å². The molecule has 1 aromatic heterocycles. The maximum absolute atomic E-state index is 8.96. The third kappa shape index (κ3) is 4.96. The number of nitrogen functional groups attached to an aromatic ring is 1. The Morgan fingerprint density at radius 1 is 1.50 bits per heavy atom. The number of hydrogen-bond acceptors (Lipinski definition) is 5. The molecule has 4 N–H and O–H groups in total. The van der Waals surface area contributed by atoms with E-state index in [0.717, 1.165) is 5.56 Å². The van der Waals surface area contributed by atoms with Gasteiger partial charge >= 0.3 is 0 Å². The lowest BCUT2D eigenvalue weighted by Crippen LogP contribution is -2.23. The Hall–Kier alpha value is -0.910. The molecule has 14 heavy (non-hydrogen) atoms. The highest BCUT2D eigenvalue weighted by molar-refractivity contribution is 5.85. The van der Waals surface area contributed by atoms with Crippen LogP contribution in [0.2, 0.25) is 0 Å². The zero-order valence-corrected chi connectivity index (χ0v) is 8.79. The maximum atomic E-state index is 8.96. The van der Waals surface area contributed by atoms with E-state index in [4.69, 9.17) is 10.8 Å². The van der Waals surface area contributed by atoms with Crippen molar-refractivity contribution in [2.45, 2.75) is 19.6 Å². The summed E-state index contributed by atoms with van der Waals surface area (Å²) >= 11 is 0. The summed E-state index contributed by atoms with van der Waals surface area (Å²) in [6.07, 6.45) is 2.99. The van der Waals surface area contributed by atoms with Crippen LogP contribution in [-0.2, 0) is 6.54 Å². The molecule has 0 spiro atoms. The van der Waals surface area contributed by atoms with Gasteiger partial charge in [0.1, 0.15) is 0 Å². The predicted octanol–water partition coefficient (Wildman–Crippen LogP) is -0.0490. The van der Waals surface area contributed by atoms with Gasteiger partial charge in [0.05, 0.1) is 6.10 Å². The fourth-order valence-corrected chi connectivity index (χ4v) is 0.881. The molecule has 1 heterocycles. The lowest BCUT2D eigenvalue weighted by molar-refractivity contribution is 0.191. The summed E-state index contributed by atoms with van der Waals surface area (Å²) < 4.78 is 0. The SMILES string of the molecule is CC(O)CNCc1cnc(N)nc1.Cl. The second-order valence-corrected chi connectivity index (χ2v) is 2.93. The highest BCUT2D eigenvalue weighted by atomic mass is 35.5. The fourth-order valence-electron chi connectivity index (χ4n) is 0.881. The average molecular weight is 219 g/mol. The van der Waals surface area contributed by atoms with Gasteiger partial charge in [-0.25, -0.2) is 9.97 Å². The number of rotatable bonds is 4. The zero-order chi connectivity index (χ0) is 9.68. The van der Waals surface area contributed by atoms with Crippen molar-refractivity contribution in [2.75, 3.05) is 12.3 Å². The number of hydrogen-bond donors (Lipinski definition) is 3. The van der Waals surface area contributed by atoms with Crippen molar-refractivity contribution in [3.8, 4) is 0 Å². The molecule has 0 fully saturated rings. The van der Waals surface area contributed by atoms with Crippen molar-refractivity contribution < 1.29 is 5.11 Å². The van der Waals surface area contributed by atoms with Crippen molar-refractivity contribution in [1.82, 2.24) is 15.3 Å². The molecule has 1 rings (SSSR count). The summed E-state index contributed by atoms with van der Waals surface area (Å²) in [7, 11) is 0. The summed E-state index contributed by atoms with van der Waals surface area (Å²) in [5, 5.41) is 12.0. The van der Waals surface area contributed by atoms with Gasteiger partial charge in [-0.1, -0.05) is 0 Å². The average Bonchev–Trinajstić information content (AvgIpc) is 2.08. The van der Waals surface area contributed by atoms with Gasteiger partial charge in [0.25, 0.3) is 0 Å². The van der Waals surface area contributed by atoms with Gasteiger partial charge in [-0.15, -0.1) is 12.4 Å². The molecule has 0 aliphatic heterocycles. The molecule has 1 unspecified atom stereocenters.